The number of hydrogen-bond acceptors (Lipinski definition) is 7. The molecule has 7 nitrogen and oxygen atoms in total. The van der Waals surface area contributed by atoms with Crippen molar-refractivity contribution in [3.8, 4) is 0 Å². The first kappa shape index (κ1) is 22.2. The Morgan fingerprint density at radius 3 is 2.50 bits per heavy atom. The van der Waals surface area contributed by atoms with Gasteiger partial charge < -0.3 is 25.4 Å². The molecule has 0 unspecified atom stereocenters. The second kappa shape index (κ2) is 9.41. The molecule has 0 spiro atoms. The standard InChI is InChI=1S/C17H31ClN2O5S/c1-5-9-6-10(20(3)7-9)16(24)19-11(8(2)18)15-13(22)12(21)14(23)17(25-15)26-4/h8-15,17,21-23H,5-7H2,1-4H3,(H,19,24)/t8-,9+,10-,11-,12-,13-,14+,15-,17-/m1/s1. The molecule has 26 heavy (non-hydrogen) atoms. The molecule has 0 aromatic carbocycles. The summed E-state index contributed by atoms with van der Waals surface area (Å²) in [6.07, 6.45) is -1.27. The second-order valence-electron chi connectivity index (χ2n) is 7.35. The van der Waals surface area contributed by atoms with Crippen molar-refractivity contribution in [1.29, 1.82) is 0 Å². The average molecular weight is 411 g/mol. The predicted octanol–water partition coefficient (Wildman–Crippen LogP) is -0.000600. The Morgan fingerprint density at radius 1 is 1.35 bits per heavy atom. The van der Waals surface area contributed by atoms with Crippen LogP contribution in [-0.2, 0) is 9.53 Å². The number of likely N-dealkylation sites (N-methyl/N-ethyl adjacent to an activating group) is 1. The van der Waals surface area contributed by atoms with Gasteiger partial charge in [-0.15, -0.1) is 23.4 Å². The molecule has 2 saturated heterocycles. The van der Waals surface area contributed by atoms with Crippen molar-refractivity contribution < 1.29 is 24.9 Å². The summed E-state index contributed by atoms with van der Waals surface area (Å²) in [6, 6.07) is -0.935. The predicted molar refractivity (Wildman–Crippen MR) is 102 cm³/mol. The van der Waals surface area contributed by atoms with Crippen LogP contribution in [-0.4, -0.2) is 93.3 Å². The summed E-state index contributed by atoms with van der Waals surface area (Å²) in [5.74, 6) is 0.329. The highest BCUT2D eigenvalue weighted by molar-refractivity contribution is 7.99. The fourth-order valence-corrected chi connectivity index (χ4v) is 4.68. The summed E-state index contributed by atoms with van der Waals surface area (Å²) in [7, 11) is 1.93. The first-order chi connectivity index (χ1) is 12.2. The van der Waals surface area contributed by atoms with Crippen molar-refractivity contribution in [3.63, 3.8) is 0 Å². The van der Waals surface area contributed by atoms with Crippen molar-refractivity contribution in [3.05, 3.63) is 0 Å². The molecule has 0 bridgehead atoms. The number of hydrogen-bond donors (Lipinski definition) is 4. The second-order valence-corrected chi connectivity index (χ2v) is 8.98. The van der Waals surface area contributed by atoms with Gasteiger partial charge in [0.25, 0.3) is 0 Å². The lowest BCUT2D eigenvalue weighted by Crippen LogP contribution is -2.65. The highest BCUT2D eigenvalue weighted by Gasteiger charge is 2.48. The number of ether oxygens (including phenoxy) is 1. The molecule has 2 aliphatic rings. The molecule has 9 heteroatoms. The monoisotopic (exact) mass is 410 g/mol. The van der Waals surface area contributed by atoms with Gasteiger partial charge in [0.05, 0.1) is 17.5 Å². The number of alkyl halides is 1. The Kier molecular flexibility index (Phi) is 8.03. The number of likely N-dealkylation sites (tertiary alicyclic amines) is 1. The van der Waals surface area contributed by atoms with Crippen LogP contribution >= 0.6 is 23.4 Å². The van der Waals surface area contributed by atoms with Crippen LogP contribution in [0.25, 0.3) is 0 Å². The number of amides is 1. The van der Waals surface area contributed by atoms with Crippen LogP contribution in [0.1, 0.15) is 26.7 Å². The van der Waals surface area contributed by atoms with Gasteiger partial charge >= 0.3 is 0 Å². The van der Waals surface area contributed by atoms with Crippen LogP contribution in [0.5, 0.6) is 0 Å². The van der Waals surface area contributed by atoms with Crippen LogP contribution in [0.2, 0.25) is 0 Å². The van der Waals surface area contributed by atoms with Crippen molar-refractivity contribution in [2.75, 3.05) is 19.8 Å². The quantitative estimate of drug-likeness (QED) is 0.457. The topological polar surface area (TPSA) is 102 Å². The van der Waals surface area contributed by atoms with Crippen LogP contribution in [0.15, 0.2) is 0 Å². The third-order valence-corrected chi connectivity index (χ3v) is 6.64. The third-order valence-electron chi connectivity index (χ3n) is 5.51. The lowest BCUT2D eigenvalue weighted by Gasteiger charge is -2.44. The molecule has 2 heterocycles. The molecule has 0 radical (unpaired) electrons. The van der Waals surface area contributed by atoms with Crippen molar-refractivity contribution >= 4 is 29.3 Å². The van der Waals surface area contributed by atoms with Gasteiger partial charge in [0.2, 0.25) is 5.91 Å². The summed E-state index contributed by atoms with van der Waals surface area (Å²) < 4.78 is 5.78. The first-order valence-corrected chi connectivity index (χ1v) is 10.8. The van der Waals surface area contributed by atoms with E-state index < -0.39 is 41.3 Å². The molecule has 2 rings (SSSR count). The van der Waals surface area contributed by atoms with Crippen LogP contribution in [0, 0.1) is 5.92 Å². The number of thioether (sulfide) groups is 1. The minimum atomic E-state index is -1.36. The van der Waals surface area contributed by atoms with Gasteiger partial charge in [0.1, 0.15) is 29.9 Å². The Hall–Kier alpha value is -0.0900. The van der Waals surface area contributed by atoms with Gasteiger partial charge in [-0.2, -0.15) is 0 Å². The Labute approximate surface area is 164 Å². The van der Waals surface area contributed by atoms with Crippen LogP contribution in [0.3, 0.4) is 0 Å². The van der Waals surface area contributed by atoms with E-state index in [4.69, 9.17) is 16.3 Å². The van der Waals surface area contributed by atoms with Gasteiger partial charge in [-0.1, -0.05) is 13.3 Å². The van der Waals surface area contributed by atoms with E-state index in [1.165, 1.54) is 11.8 Å². The Bertz CT molecular complexity index is 484. The van der Waals surface area contributed by atoms with E-state index in [1.807, 2.05) is 11.9 Å². The summed E-state index contributed by atoms with van der Waals surface area (Å²) in [5.41, 5.74) is -0.702. The third kappa shape index (κ3) is 4.66. The van der Waals surface area contributed by atoms with Gasteiger partial charge in [-0.05, 0) is 32.6 Å². The minimum absolute atomic E-state index is 0.155. The normalized spacial score (nSPS) is 41.0. The van der Waals surface area contributed by atoms with Crippen molar-refractivity contribution in [2.45, 2.75) is 74.0 Å². The zero-order valence-corrected chi connectivity index (χ0v) is 17.3. The lowest BCUT2D eigenvalue weighted by molar-refractivity contribution is -0.205. The van der Waals surface area contributed by atoms with E-state index >= 15 is 0 Å². The van der Waals surface area contributed by atoms with Gasteiger partial charge in [-0.25, -0.2) is 0 Å². The van der Waals surface area contributed by atoms with Gasteiger partial charge in [0.15, 0.2) is 0 Å². The molecule has 0 aromatic rings. The highest BCUT2D eigenvalue weighted by atomic mass is 35.5. The van der Waals surface area contributed by atoms with Crippen LogP contribution < -0.4 is 5.32 Å². The zero-order valence-electron chi connectivity index (χ0n) is 15.7. The smallest absolute Gasteiger partial charge is 0.237 e. The van der Waals surface area contributed by atoms with Gasteiger partial charge in [0, 0.05) is 6.54 Å². The summed E-state index contributed by atoms with van der Waals surface area (Å²) in [4.78, 5) is 14.8. The molecule has 1 amide bonds. The zero-order chi connectivity index (χ0) is 19.6. The number of nitrogens with one attached hydrogen (secondary N) is 1. The molecule has 2 fully saturated rings. The molecule has 0 aromatic heterocycles. The van der Waals surface area contributed by atoms with E-state index in [1.54, 1.807) is 13.2 Å². The number of halogens is 1. The average Bonchev–Trinajstić information content (AvgIpc) is 2.99. The maximum atomic E-state index is 12.8. The summed E-state index contributed by atoms with van der Waals surface area (Å²) >= 11 is 7.52. The largest absolute Gasteiger partial charge is 0.388 e. The summed E-state index contributed by atoms with van der Waals surface area (Å²) in [5, 5.41) is 32.9. The maximum absolute atomic E-state index is 12.8. The van der Waals surface area contributed by atoms with Crippen molar-refractivity contribution in [1.82, 2.24) is 10.2 Å². The first-order valence-electron chi connectivity index (χ1n) is 9.08. The highest BCUT2D eigenvalue weighted by Crippen LogP contribution is 2.31. The molecular weight excluding hydrogens is 380 g/mol. The number of aliphatic hydroxyl groups excluding tert-OH is 3. The molecule has 0 aliphatic carbocycles. The Morgan fingerprint density at radius 2 is 2.00 bits per heavy atom. The number of carbonyl (C=O) groups excluding carboxylic acids is 1. The lowest BCUT2D eigenvalue weighted by atomic mass is 9.92. The van der Waals surface area contributed by atoms with Crippen molar-refractivity contribution in [2.24, 2.45) is 5.92 Å². The number of rotatable bonds is 6. The molecular formula is C17H31ClN2O5S. The fourth-order valence-electron chi connectivity index (χ4n) is 3.79. The van der Waals surface area contributed by atoms with Gasteiger partial charge in [-0.3, -0.25) is 9.69 Å². The SMILES string of the molecule is CC[C@H]1C[C@H](C(=O)N[C@@H]([C@H]2O[C@H](SC)[C@@H](O)[C@H](O)[C@H]2O)[C@@H](C)Cl)N(C)C1. The maximum Gasteiger partial charge on any atom is 0.237 e. The minimum Gasteiger partial charge on any atom is -0.388 e. The number of nitrogens with zero attached hydrogens (tertiary/aromatic N) is 1. The fraction of sp³-hybridized carbons (Fsp3) is 0.941. The van der Waals surface area contributed by atoms with E-state index in [9.17, 15) is 20.1 Å². The molecule has 9 atom stereocenters. The molecule has 152 valence electrons. The van der Waals surface area contributed by atoms with E-state index in [0.717, 1.165) is 19.4 Å². The molecule has 0 saturated carbocycles. The van der Waals surface area contributed by atoms with E-state index in [2.05, 4.69) is 12.2 Å². The molecule has 4 N–H and O–H groups in total. The summed E-state index contributed by atoms with van der Waals surface area (Å²) in [6.45, 7) is 4.70. The van der Waals surface area contributed by atoms with E-state index in [-0.39, 0.29) is 11.9 Å². The molecule has 2 aliphatic heterocycles. The van der Waals surface area contributed by atoms with Crippen LogP contribution in [0.4, 0.5) is 0 Å². The number of carbonyl (C=O) groups is 1. The number of aliphatic hydroxyl groups is 3. The Balaban J connectivity index is 2.11. The van der Waals surface area contributed by atoms with E-state index in [0.29, 0.717) is 5.92 Å².